The molecule has 0 amide bonds. The highest BCUT2D eigenvalue weighted by molar-refractivity contribution is 6.96. The molecule has 0 aliphatic carbocycles. The molecule has 1 spiro atoms. The summed E-state index contributed by atoms with van der Waals surface area (Å²) in [6.07, 6.45) is 9.27. The third-order valence-corrected chi connectivity index (χ3v) is 14.3. The van der Waals surface area contributed by atoms with Crippen molar-refractivity contribution < 1.29 is 0 Å². The summed E-state index contributed by atoms with van der Waals surface area (Å²) in [5.74, 6) is 0. The maximum Gasteiger partial charge on any atom is 0.520 e. The minimum absolute atomic E-state index is 1.18. The van der Waals surface area contributed by atoms with Gasteiger partial charge in [0.15, 0.2) is 0 Å². The standard InChI is InChI=1S/C44H32N4Si/c1-5-21-37-33(13-1)17-9-25-41(37)45-29-30-46(42-26-10-18-34-14-2-6-22-38(34)42)49(45)47(43-27-11-19-35-15-3-7-23-39(35)43)31-32-48(49)44-28-12-20-36-16-4-8-24-40(36)44/h1-32H. The van der Waals surface area contributed by atoms with Gasteiger partial charge >= 0.3 is 8.72 Å². The Balaban J connectivity index is 1.34. The zero-order valence-corrected chi connectivity index (χ0v) is 27.8. The molecule has 0 radical (unpaired) electrons. The maximum absolute atomic E-state index is 3.31. The quantitative estimate of drug-likeness (QED) is 0.177. The first-order chi connectivity index (χ1) is 24.3. The molecule has 8 aromatic rings. The average molecular weight is 645 g/mol. The monoisotopic (exact) mass is 644 g/mol. The Morgan fingerprint density at radius 3 is 0.735 bits per heavy atom. The highest BCUT2D eigenvalue weighted by Crippen LogP contribution is 2.49. The minimum Gasteiger partial charge on any atom is -0.320 e. The summed E-state index contributed by atoms with van der Waals surface area (Å²) < 4.78 is 10.4. The van der Waals surface area contributed by atoms with E-state index in [2.05, 4.69) is 213 Å². The third kappa shape index (κ3) is 4.03. The van der Waals surface area contributed by atoms with E-state index in [1.54, 1.807) is 0 Å². The van der Waals surface area contributed by atoms with E-state index in [1.165, 1.54) is 65.8 Å². The molecule has 2 aliphatic rings. The van der Waals surface area contributed by atoms with Gasteiger partial charge in [-0.25, -0.2) is 0 Å². The second-order valence-corrected chi connectivity index (χ2v) is 15.8. The molecule has 2 heterocycles. The van der Waals surface area contributed by atoms with Crippen molar-refractivity contribution in [2.75, 3.05) is 18.3 Å². The fourth-order valence-corrected chi connectivity index (χ4v) is 12.5. The molecule has 0 unspecified atom stereocenters. The highest BCUT2D eigenvalue weighted by atomic mass is 28.4. The first-order valence-corrected chi connectivity index (χ1v) is 18.6. The molecule has 0 bridgehead atoms. The molecule has 5 heteroatoms. The van der Waals surface area contributed by atoms with Crippen LogP contribution < -0.4 is 18.3 Å². The van der Waals surface area contributed by atoms with Gasteiger partial charge in [0, 0.05) is 69.1 Å². The molecule has 232 valence electrons. The Bertz CT molecular complexity index is 2240. The fourth-order valence-electron chi connectivity index (χ4n) is 8.00. The lowest BCUT2D eigenvalue weighted by Crippen LogP contribution is -2.77. The van der Waals surface area contributed by atoms with Gasteiger partial charge < -0.3 is 18.3 Å². The van der Waals surface area contributed by atoms with E-state index in [0.717, 1.165) is 0 Å². The Kier molecular flexibility index (Phi) is 6.16. The van der Waals surface area contributed by atoms with E-state index >= 15 is 0 Å². The van der Waals surface area contributed by atoms with Crippen LogP contribution in [0.25, 0.3) is 43.1 Å². The van der Waals surface area contributed by atoms with Crippen LogP contribution in [0, 0.1) is 0 Å². The molecule has 8 aromatic carbocycles. The summed E-state index contributed by atoms with van der Waals surface area (Å²) in [6.45, 7) is 0. The number of rotatable bonds is 4. The lowest BCUT2D eigenvalue weighted by molar-refractivity contribution is 1.17. The number of hydrogen-bond acceptors (Lipinski definition) is 4. The summed E-state index contributed by atoms with van der Waals surface area (Å²) in [7, 11) is -3.31. The van der Waals surface area contributed by atoms with Crippen LogP contribution in [0.1, 0.15) is 0 Å². The highest BCUT2D eigenvalue weighted by Gasteiger charge is 2.64. The largest absolute Gasteiger partial charge is 0.520 e. The van der Waals surface area contributed by atoms with Crippen molar-refractivity contribution in [2.45, 2.75) is 0 Å². The summed E-state index contributed by atoms with van der Waals surface area (Å²) in [4.78, 5) is 0. The van der Waals surface area contributed by atoms with Gasteiger partial charge in [-0.3, -0.25) is 0 Å². The molecule has 0 saturated heterocycles. The molecule has 2 aliphatic heterocycles. The van der Waals surface area contributed by atoms with E-state index in [1.807, 2.05) is 0 Å². The summed E-state index contributed by atoms with van der Waals surface area (Å²) in [5, 5.41) is 9.79. The van der Waals surface area contributed by atoms with E-state index in [4.69, 9.17) is 0 Å². The molecule has 0 atom stereocenters. The van der Waals surface area contributed by atoms with E-state index < -0.39 is 8.72 Å². The van der Waals surface area contributed by atoms with Crippen LogP contribution in [-0.4, -0.2) is 8.72 Å². The zero-order chi connectivity index (χ0) is 32.4. The lowest BCUT2D eigenvalue weighted by Gasteiger charge is -2.50. The Morgan fingerprint density at radius 1 is 0.245 bits per heavy atom. The van der Waals surface area contributed by atoms with Gasteiger partial charge in [0.05, 0.1) is 0 Å². The summed E-state index contributed by atoms with van der Waals surface area (Å²) >= 11 is 0. The molecule has 4 nitrogen and oxygen atoms in total. The van der Waals surface area contributed by atoms with Gasteiger partial charge in [-0.05, 0) is 45.8 Å². The van der Waals surface area contributed by atoms with E-state index in [9.17, 15) is 0 Å². The molecule has 0 saturated carbocycles. The first kappa shape index (κ1) is 27.8. The van der Waals surface area contributed by atoms with Crippen LogP contribution in [0.2, 0.25) is 0 Å². The van der Waals surface area contributed by atoms with Gasteiger partial charge in [0.25, 0.3) is 0 Å². The maximum atomic E-state index is 2.60. The van der Waals surface area contributed by atoms with Crippen LogP contribution in [0.4, 0.5) is 22.7 Å². The van der Waals surface area contributed by atoms with Gasteiger partial charge in [-0.2, -0.15) is 0 Å². The summed E-state index contributed by atoms with van der Waals surface area (Å²) in [5.41, 5.74) is 4.73. The first-order valence-electron chi connectivity index (χ1n) is 16.8. The van der Waals surface area contributed by atoms with Crippen molar-refractivity contribution in [2.24, 2.45) is 0 Å². The Labute approximate surface area is 286 Å². The number of nitrogens with zero attached hydrogens (tertiary/aromatic N) is 4. The van der Waals surface area contributed by atoms with Gasteiger partial charge in [0.2, 0.25) is 0 Å². The smallest absolute Gasteiger partial charge is 0.320 e. The second kappa shape index (κ2) is 10.9. The van der Waals surface area contributed by atoms with E-state index in [-0.39, 0.29) is 0 Å². The molecule has 0 aromatic heterocycles. The minimum atomic E-state index is -3.31. The molecule has 0 fully saturated rings. The second-order valence-electron chi connectivity index (χ2n) is 12.7. The number of benzene rings is 8. The van der Waals surface area contributed by atoms with Crippen molar-refractivity contribution in [1.29, 1.82) is 0 Å². The summed E-state index contributed by atoms with van der Waals surface area (Å²) in [6, 6.07) is 61.8. The van der Waals surface area contributed by atoms with Crippen molar-refractivity contribution in [1.82, 2.24) is 0 Å². The van der Waals surface area contributed by atoms with Crippen molar-refractivity contribution in [3.63, 3.8) is 0 Å². The average Bonchev–Trinajstić information content (AvgIpc) is 3.75. The lowest BCUT2D eigenvalue weighted by atomic mass is 10.1. The van der Waals surface area contributed by atoms with Crippen LogP contribution >= 0.6 is 0 Å². The van der Waals surface area contributed by atoms with Crippen LogP contribution in [0.3, 0.4) is 0 Å². The fraction of sp³-hybridized carbons (Fsp3) is 0. The number of anilines is 4. The van der Waals surface area contributed by atoms with E-state index in [0.29, 0.717) is 0 Å². The Morgan fingerprint density at radius 2 is 0.469 bits per heavy atom. The SMILES string of the molecule is C1=CN(c2cccc3ccccc23)[Si]2(N1c1cccc3ccccc13)N(c1cccc3ccccc13)C=CN2c1cccc2ccccc12. The predicted octanol–water partition coefficient (Wildman–Crippen LogP) is 11.0. The molecular weight excluding hydrogens is 613 g/mol. The normalized spacial score (nSPS) is 15.2. The van der Waals surface area contributed by atoms with Gasteiger partial charge in [0.1, 0.15) is 0 Å². The van der Waals surface area contributed by atoms with Crippen molar-refractivity contribution in [3.8, 4) is 0 Å². The van der Waals surface area contributed by atoms with Gasteiger partial charge in [-0.15, -0.1) is 0 Å². The van der Waals surface area contributed by atoms with Crippen LogP contribution in [0.5, 0.6) is 0 Å². The topological polar surface area (TPSA) is 13.0 Å². The van der Waals surface area contributed by atoms with Crippen LogP contribution in [0.15, 0.2) is 195 Å². The molecular formula is C44H32N4Si. The third-order valence-electron chi connectivity index (χ3n) is 10.1. The number of fused-ring (bicyclic) bond motifs is 4. The van der Waals surface area contributed by atoms with Crippen molar-refractivity contribution in [3.05, 3.63) is 195 Å². The van der Waals surface area contributed by atoms with Crippen LogP contribution in [-0.2, 0) is 0 Å². The number of hydrogen-bond donors (Lipinski definition) is 0. The predicted molar refractivity (Wildman–Crippen MR) is 210 cm³/mol. The molecule has 10 rings (SSSR count). The zero-order valence-electron chi connectivity index (χ0n) is 26.8. The van der Waals surface area contributed by atoms with Crippen molar-refractivity contribution >= 4 is 74.6 Å². The molecule has 49 heavy (non-hydrogen) atoms. The molecule has 0 N–H and O–H groups in total. The van der Waals surface area contributed by atoms with Gasteiger partial charge in [-0.1, -0.05) is 146 Å². The Hall–Kier alpha value is -6.30.